The predicted octanol–water partition coefficient (Wildman–Crippen LogP) is 3.81. The van der Waals surface area contributed by atoms with Gasteiger partial charge in [0.1, 0.15) is 15.7 Å². The maximum absolute atomic E-state index is 9.01. The molecule has 3 aromatic heterocycles. The van der Waals surface area contributed by atoms with Gasteiger partial charge in [-0.05, 0) is 18.4 Å². The molecule has 3 heterocycles. The van der Waals surface area contributed by atoms with Gasteiger partial charge in [0, 0.05) is 21.6 Å². The topological polar surface area (TPSA) is 46.0 Å². The molecule has 0 saturated carbocycles. The lowest BCUT2D eigenvalue weighted by atomic mass is 10.2. The molecule has 19 heavy (non-hydrogen) atoms. The molecule has 0 fully saturated rings. The van der Waals surface area contributed by atoms with Crippen LogP contribution < -0.4 is 0 Å². The Morgan fingerprint density at radius 1 is 1.32 bits per heavy atom. The zero-order valence-corrected chi connectivity index (χ0v) is 12.7. The maximum Gasteiger partial charge on any atom is 0.128 e. The number of hydrogen-bond acceptors (Lipinski definition) is 6. The fourth-order valence-electron chi connectivity index (χ4n) is 1.87. The third-order valence-corrected chi connectivity index (χ3v) is 5.36. The van der Waals surface area contributed by atoms with Crippen LogP contribution in [-0.2, 0) is 0 Å². The normalized spacial score (nSPS) is 11.3. The third-order valence-electron chi connectivity index (χ3n) is 2.63. The highest BCUT2D eigenvalue weighted by Gasteiger charge is 2.15. The highest BCUT2D eigenvalue weighted by atomic mass is 32.2. The lowest BCUT2D eigenvalue weighted by Gasteiger charge is -2.04. The molecule has 0 aliphatic carbocycles. The Balaban J connectivity index is 2.19. The largest absolute Gasteiger partial charge is 0.396 e. The van der Waals surface area contributed by atoms with Crippen LogP contribution in [0.3, 0.4) is 0 Å². The van der Waals surface area contributed by atoms with Crippen LogP contribution in [0.1, 0.15) is 5.82 Å². The van der Waals surface area contributed by atoms with E-state index in [0.717, 1.165) is 21.1 Å². The summed E-state index contributed by atoms with van der Waals surface area (Å²) in [7, 11) is 0. The van der Waals surface area contributed by atoms with Crippen molar-refractivity contribution in [3.05, 3.63) is 28.7 Å². The van der Waals surface area contributed by atoms with Gasteiger partial charge in [-0.3, -0.25) is 0 Å². The number of aliphatic hydroxyl groups is 1. The number of thiophene rings is 2. The molecule has 0 saturated heterocycles. The molecule has 3 aromatic rings. The molecule has 0 bridgehead atoms. The summed E-state index contributed by atoms with van der Waals surface area (Å²) >= 11 is 4.97. The molecule has 0 radical (unpaired) electrons. The number of nitrogens with zero attached hydrogens (tertiary/aromatic N) is 2. The van der Waals surface area contributed by atoms with Crippen LogP contribution in [0.5, 0.6) is 0 Å². The fourth-order valence-corrected chi connectivity index (χ4v) is 4.58. The van der Waals surface area contributed by atoms with Gasteiger partial charge < -0.3 is 5.11 Å². The van der Waals surface area contributed by atoms with E-state index >= 15 is 0 Å². The van der Waals surface area contributed by atoms with Crippen LogP contribution in [0, 0.1) is 6.92 Å². The first kappa shape index (κ1) is 13.1. The highest BCUT2D eigenvalue weighted by Crippen LogP contribution is 2.39. The molecule has 3 nitrogen and oxygen atoms in total. The molecule has 0 atom stereocenters. The van der Waals surface area contributed by atoms with Crippen LogP contribution >= 0.6 is 34.4 Å². The molecular formula is C13H12N2OS3. The average Bonchev–Trinajstić information content (AvgIpc) is 3.03. The Kier molecular flexibility index (Phi) is 3.83. The summed E-state index contributed by atoms with van der Waals surface area (Å²) in [6.07, 6.45) is 0. The molecule has 1 N–H and O–H groups in total. The molecule has 0 aromatic carbocycles. The third kappa shape index (κ3) is 2.53. The van der Waals surface area contributed by atoms with E-state index in [9.17, 15) is 0 Å². The van der Waals surface area contributed by atoms with E-state index in [-0.39, 0.29) is 6.61 Å². The number of fused-ring (bicyclic) bond motifs is 1. The van der Waals surface area contributed by atoms with E-state index in [2.05, 4.69) is 32.9 Å². The Labute approximate surface area is 123 Å². The predicted molar refractivity (Wildman–Crippen MR) is 83.3 cm³/mol. The molecule has 6 heteroatoms. The van der Waals surface area contributed by atoms with Crippen molar-refractivity contribution in [2.24, 2.45) is 0 Å². The van der Waals surface area contributed by atoms with Gasteiger partial charge in [-0.1, -0.05) is 6.07 Å². The Bertz CT molecular complexity index is 691. The van der Waals surface area contributed by atoms with Crippen molar-refractivity contribution in [3.63, 3.8) is 0 Å². The second-order valence-corrected chi connectivity index (χ2v) is 6.84. The van der Waals surface area contributed by atoms with Crippen LogP contribution in [0.25, 0.3) is 20.7 Å². The van der Waals surface area contributed by atoms with Crippen LogP contribution in [0.4, 0.5) is 0 Å². The van der Waals surface area contributed by atoms with Crippen molar-refractivity contribution < 1.29 is 5.11 Å². The van der Waals surface area contributed by atoms with E-state index in [1.54, 1.807) is 34.4 Å². The van der Waals surface area contributed by atoms with Crippen molar-refractivity contribution in [1.82, 2.24) is 9.97 Å². The minimum Gasteiger partial charge on any atom is -0.396 e. The van der Waals surface area contributed by atoms with Crippen molar-refractivity contribution in [3.8, 4) is 10.4 Å². The van der Waals surface area contributed by atoms with Gasteiger partial charge in [0.2, 0.25) is 0 Å². The molecule has 0 amide bonds. The van der Waals surface area contributed by atoms with E-state index in [1.165, 1.54) is 10.4 Å². The summed E-state index contributed by atoms with van der Waals surface area (Å²) < 4.78 is 0. The summed E-state index contributed by atoms with van der Waals surface area (Å²) in [6, 6.07) is 4.17. The minimum atomic E-state index is 0.160. The van der Waals surface area contributed by atoms with Gasteiger partial charge in [-0.25, -0.2) is 9.97 Å². The lowest BCUT2D eigenvalue weighted by molar-refractivity contribution is 0.322. The molecule has 98 valence electrons. The molecule has 0 unspecified atom stereocenters. The van der Waals surface area contributed by atoms with Crippen LogP contribution in [0.2, 0.25) is 0 Å². The SMILES string of the molecule is Cc1nc(SCCO)c2c(-c3cccs3)csc2n1. The average molecular weight is 308 g/mol. The van der Waals surface area contributed by atoms with E-state index in [1.807, 2.05) is 6.92 Å². The summed E-state index contributed by atoms with van der Waals surface area (Å²) in [6.45, 7) is 2.07. The van der Waals surface area contributed by atoms with Gasteiger partial charge in [-0.2, -0.15) is 0 Å². The van der Waals surface area contributed by atoms with Crippen LogP contribution in [-0.4, -0.2) is 27.4 Å². The summed E-state index contributed by atoms with van der Waals surface area (Å²) in [5.74, 6) is 1.44. The summed E-state index contributed by atoms with van der Waals surface area (Å²) in [5, 5.41) is 15.3. The number of rotatable bonds is 4. The Morgan fingerprint density at radius 3 is 2.95 bits per heavy atom. The monoisotopic (exact) mass is 308 g/mol. The first-order chi connectivity index (χ1) is 9.29. The zero-order valence-electron chi connectivity index (χ0n) is 10.3. The summed E-state index contributed by atoms with van der Waals surface area (Å²) in [4.78, 5) is 11.3. The maximum atomic E-state index is 9.01. The smallest absolute Gasteiger partial charge is 0.128 e. The Hall–Kier alpha value is -0.950. The quantitative estimate of drug-likeness (QED) is 0.588. The highest BCUT2D eigenvalue weighted by molar-refractivity contribution is 7.99. The molecule has 0 aliphatic heterocycles. The van der Waals surface area contributed by atoms with E-state index in [0.29, 0.717) is 5.75 Å². The molecule has 0 aliphatic rings. The van der Waals surface area contributed by atoms with Gasteiger partial charge >= 0.3 is 0 Å². The molecule has 3 rings (SSSR count). The molecule has 0 spiro atoms. The van der Waals surface area contributed by atoms with Crippen LogP contribution in [0.15, 0.2) is 27.9 Å². The van der Waals surface area contributed by atoms with Crippen molar-refractivity contribution in [2.75, 3.05) is 12.4 Å². The second kappa shape index (κ2) is 5.58. The number of aryl methyl sites for hydroxylation is 1. The Morgan fingerprint density at radius 2 is 2.21 bits per heavy atom. The van der Waals surface area contributed by atoms with Gasteiger partial charge in [0.25, 0.3) is 0 Å². The standard InChI is InChI=1S/C13H12N2OS3/c1-8-14-12(18-6-4-16)11-9(7-19-13(11)15-8)10-3-2-5-17-10/h2-3,5,7,16H,4,6H2,1H3. The molecular weight excluding hydrogens is 296 g/mol. The number of hydrogen-bond donors (Lipinski definition) is 1. The van der Waals surface area contributed by atoms with Gasteiger partial charge in [-0.15, -0.1) is 34.4 Å². The number of aromatic nitrogens is 2. The second-order valence-electron chi connectivity index (χ2n) is 3.95. The number of aliphatic hydroxyl groups excluding tert-OH is 1. The van der Waals surface area contributed by atoms with E-state index < -0.39 is 0 Å². The first-order valence-corrected chi connectivity index (χ1v) is 8.57. The lowest BCUT2D eigenvalue weighted by Crippen LogP contribution is -1.93. The fraction of sp³-hybridized carbons (Fsp3) is 0.231. The van der Waals surface area contributed by atoms with Gasteiger partial charge in [0.05, 0.1) is 12.0 Å². The first-order valence-electron chi connectivity index (χ1n) is 5.83. The van der Waals surface area contributed by atoms with Crippen molar-refractivity contribution >= 4 is 44.7 Å². The van der Waals surface area contributed by atoms with E-state index in [4.69, 9.17) is 5.11 Å². The summed E-state index contributed by atoms with van der Waals surface area (Å²) in [5.41, 5.74) is 1.20. The van der Waals surface area contributed by atoms with Crippen molar-refractivity contribution in [2.45, 2.75) is 11.9 Å². The van der Waals surface area contributed by atoms with Crippen molar-refractivity contribution in [1.29, 1.82) is 0 Å². The minimum absolute atomic E-state index is 0.160. The van der Waals surface area contributed by atoms with Gasteiger partial charge in [0.15, 0.2) is 0 Å². The number of thioether (sulfide) groups is 1. The zero-order chi connectivity index (χ0) is 13.2.